The Morgan fingerprint density at radius 1 is 0.541 bits per heavy atom. The van der Waals surface area contributed by atoms with Gasteiger partial charge in [0.25, 0.3) is 0 Å². The molecule has 0 aromatic heterocycles. The van der Waals surface area contributed by atoms with Crippen LogP contribution in [0.3, 0.4) is 0 Å². The maximum absolute atomic E-state index is 2.28. The van der Waals surface area contributed by atoms with E-state index >= 15 is 0 Å². The van der Waals surface area contributed by atoms with Gasteiger partial charge in [-0.05, 0) is 0 Å². The van der Waals surface area contributed by atoms with Crippen LogP contribution in [0.15, 0.2) is 115 Å². The zero-order valence-electron chi connectivity index (χ0n) is 21.9. The average molecular weight is 712 g/mol. The van der Waals surface area contributed by atoms with Gasteiger partial charge < -0.3 is 24.8 Å². The molecule has 37 heavy (non-hydrogen) atoms. The van der Waals surface area contributed by atoms with E-state index in [9.17, 15) is 0 Å². The SMILES string of the molecule is CCCCCCCCC[Si]c1ccccc1.[Cl-].[Cl-].[Hf+4].c1ccc2[cH-]ccc2c1.c1ccc2[cH-]ccc2c1. The molecule has 0 aliphatic carbocycles. The molecule has 2 radical (unpaired) electrons. The molecule has 0 saturated heterocycles. The van der Waals surface area contributed by atoms with Gasteiger partial charge in [0, 0.05) is 0 Å². The summed E-state index contributed by atoms with van der Waals surface area (Å²) in [7, 11) is 1.02. The third-order valence-corrected chi connectivity index (χ3v) is 7.32. The van der Waals surface area contributed by atoms with E-state index in [0.29, 0.717) is 0 Å². The molecule has 0 bridgehead atoms. The molecule has 0 fully saturated rings. The van der Waals surface area contributed by atoms with Gasteiger partial charge in [0.05, 0.1) is 9.52 Å². The monoisotopic (exact) mass is 712 g/mol. The first-order valence-electron chi connectivity index (χ1n) is 12.9. The second kappa shape index (κ2) is 22.5. The zero-order chi connectivity index (χ0) is 23.7. The van der Waals surface area contributed by atoms with Crippen LogP contribution in [0, 0.1) is 0 Å². The number of rotatable bonds is 9. The molecule has 0 heterocycles. The summed E-state index contributed by atoms with van der Waals surface area (Å²) in [5.74, 6) is 0. The minimum atomic E-state index is 0. The molecule has 0 N–H and O–H groups in total. The van der Waals surface area contributed by atoms with Crippen molar-refractivity contribution in [2.45, 2.75) is 57.9 Å². The molecule has 0 aliphatic heterocycles. The summed E-state index contributed by atoms with van der Waals surface area (Å²) in [6.45, 7) is 2.28. The Kier molecular flexibility index (Phi) is 21.6. The fraction of sp³-hybridized carbons (Fsp3) is 0.273. The summed E-state index contributed by atoms with van der Waals surface area (Å²) >= 11 is 0. The van der Waals surface area contributed by atoms with E-state index < -0.39 is 0 Å². The van der Waals surface area contributed by atoms with E-state index in [4.69, 9.17) is 0 Å². The van der Waals surface area contributed by atoms with Gasteiger partial charge in [0.15, 0.2) is 0 Å². The summed E-state index contributed by atoms with van der Waals surface area (Å²) in [4.78, 5) is 0. The zero-order valence-corrected chi connectivity index (χ0v) is 28.0. The first kappa shape index (κ1) is 35.5. The largest absolute Gasteiger partial charge is 4.00 e. The number of halogens is 2. The predicted molar refractivity (Wildman–Crippen MR) is 154 cm³/mol. The molecule has 5 aromatic carbocycles. The van der Waals surface area contributed by atoms with Crippen molar-refractivity contribution in [3.8, 4) is 0 Å². The van der Waals surface area contributed by atoms with E-state index in [-0.39, 0.29) is 50.7 Å². The molecular formula is C33H38Cl2HfSi. The Bertz CT molecular complexity index is 1040. The Morgan fingerprint density at radius 3 is 1.51 bits per heavy atom. The third kappa shape index (κ3) is 14.3. The molecule has 0 aliphatic rings. The standard InChI is InChI=1S/C15H24Si.2C9H7.2ClH.Hf/c1-2-3-4-5-6-7-11-14-16-15-12-9-8-10-13-15;2*1-2-5-9-7-3-6-8(9)4-1;;;/h8-10,12-13H,2-7,11,14H2,1H3;2*1-7H;2*1H;/q;2*-1;;;+4/p-2. The molecule has 0 nitrogen and oxygen atoms in total. The molecule has 0 amide bonds. The first-order chi connectivity index (χ1) is 16.9. The molecule has 5 aromatic rings. The van der Waals surface area contributed by atoms with Gasteiger partial charge in [-0.2, -0.15) is 35.0 Å². The van der Waals surface area contributed by atoms with Crippen molar-refractivity contribution in [3.05, 3.63) is 115 Å². The van der Waals surface area contributed by atoms with Crippen LogP contribution in [0.1, 0.15) is 51.9 Å². The van der Waals surface area contributed by atoms with Crippen molar-refractivity contribution in [1.29, 1.82) is 0 Å². The van der Waals surface area contributed by atoms with Crippen LogP contribution in [-0.4, -0.2) is 9.52 Å². The summed E-state index contributed by atoms with van der Waals surface area (Å²) in [6.07, 6.45) is 9.96. The smallest absolute Gasteiger partial charge is 1.00 e. The Labute approximate surface area is 258 Å². The molecule has 192 valence electrons. The molecule has 0 saturated carbocycles. The van der Waals surface area contributed by atoms with E-state index in [1.165, 1.54) is 77.7 Å². The minimum absolute atomic E-state index is 0. The second-order valence-electron chi connectivity index (χ2n) is 8.72. The molecule has 5 rings (SSSR count). The summed E-state index contributed by atoms with van der Waals surface area (Å²) in [5.41, 5.74) is 0. The van der Waals surface area contributed by atoms with Crippen LogP contribution in [0.25, 0.3) is 21.5 Å². The number of unbranched alkanes of at least 4 members (excludes halogenated alkanes) is 6. The fourth-order valence-corrected chi connectivity index (χ4v) is 5.15. The topological polar surface area (TPSA) is 0 Å². The van der Waals surface area contributed by atoms with Crippen LogP contribution < -0.4 is 30.0 Å². The second-order valence-corrected chi connectivity index (χ2v) is 10.2. The van der Waals surface area contributed by atoms with Gasteiger partial charge in [0.1, 0.15) is 0 Å². The Balaban J connectivity index is 0.000000531. The maximum atomic E-state index is 2.28. The van der Waals surface area contributed by atoms with Crippen LogP contribution in [0.5, 0.6) is 0 Å². The van der Waals surface area contributed by atoms with E-state index in [1.54, 1.807) is 0 Å². The number of benzene rings is 3. The Morgan fingerprint density at radius 2 is 1.00 bits per heavy atom. The summed E-state index contributed by atoms with van der Waals surface area (Å²) < 4.78 is 0. The van der Waals surface area contributed by atoms with E-state index in [1.807, 2.05) is 0 Å². The van der Waals surface area contributed by atoms with Crippen molar-refractivity contribution in [1.82, 2.24) is 0 Å². The van der Waals surface area contributed by atoms with Crippen LogP contribution >= 0.6 is 0 Å². The van der Waals surface area contributed by atoms with Crippen LogP contribution in [-0.2, 0) is 25.8 Å². The first-order valence-corrected chi connectivity index (χ1v) is 14.1. The van der Waals surface area contributed by atoms with Gasteiger partial charge in [0.2, 0.25) is 0 Å². The van der Waals surface area contributed by atoms with Gasteiger partial charge >= 0.3 is 25.8 Å². The average Bonchev–Trinajstić information content (AvgIpc) is 3.57. The maximum Gasteiger partial charge on any atom is 4.00 e. The number of fused-ring (bicyclic) bond motifs is 2. The fourth-order valence-electron chi connectivity index (χ4n) is 4.01. The van der Waals surface area contributed by atoms with Crippen molar-refractivity contribution < 1.29 is 50.7 Å². The molecule has 0 unspecified atom stereocenters. The minimum Gasteiger partial charge on any atom is -1.00 e. The van der Waals surface area contributed by atoms with Gasteiger partial charge in [-0.3, -0.25) is 0 Å². The van der Waals surface area contributed by atoms with Crippen molar-refractivity contribution >= 4 is 36.3 Å². The van der Waals surface area contributed by atoms with Crippen molar-refractivity contribution in [2.75, 3.05) is 0 Å². The molecular weight excluding hydrogens is 674 g/mol. The van der Waals surface area contributed by atoms with Crippen LogP contribution in [0.4, 0.5) is 0 Å². The normalized spacial score (nSPS) is 9.54. The van der Waals surface area contributed by atoms with E-state index in [2.05, 4.69) is 122 Å². The summed E-state index contributed by atoms with van der Waals surface area (Å²) in [6, 6.07) is 41.6. The number of hydrogen-bond donors (Lipinski definition) is 0. The van der Waals surface area contributed by atoms with Crippen molar-refractivity contribution in [2.24, 2.45) is 0 Å². The molecule has 0 spiro atoms. The Hall–Kier alpha value is -1.45. The van der Waals surface area contributed by atoms with Crippen molar-refractivity contribution in [3.63, 3.8) is 0 Å². The van der Waals surface area contributed by atoms with Crippen LogP contribution in [0.2, 0.25) is 6.04 Å². The van der Waals surface area contributed by atoms with Gasteiger partial charge in [-0.1, -0.05) is 106 Å². The van der Waals surface area contributed by atoms with E-state index in [0.717, 1.165) is 9.52 Å². The molecule has 0 atom stereocenters. The third-order valence-electron chi connectivity index (χ3n) is 5.98. The van der Waals surface area contributed by atoms with Gasteiger partial charge in [-0.25, -0.2) is 0 Å². The molecule has 4 heteroatoms. The number of hydrogen-bond acceptors (Lipinski definition) is 0. The van der Waals surface area contributed by atoms with Gasteiger partial charge in [-0.15, -0.1) is 59.3 Å². The predicted octanol–water partition coefficient (Wildman–Crippen LogP) is 3.31. The summed E-state index contributed by atoms with van der Waals surface area (Å²) in [5, 5.41) is 6.85. The quantitative estimate of drug-likeness (QED) is 0.125.